The molecule has 3 heterocycles. The van der Waals surface area contributed by atoms with Crippen LogP contribution in [0.25, 0.3) is 0 Å². The molecule has 1 aliphatic rings. The van der Waals surface area contributed by atoms with E-state index in [0.29, 0.717) is 17.9 Å². The summed E-state index contributed by atoms with van der Waals surface area (Å²) >= 11 is 0.996. The summed E-state index contributed by atoms with van der Waals surface area (Å²) in [5.41, 5.74) is -0.219. The predicted molar refractivity (Wildman–Crippen MR) is 97.9 cm³/mol. The first kappa shape index (κ1) is 20.6. The third-order valence-electron chi connectivity index (χ3n) is 4.09. The lowest BCUT2D eigenvalue weighted by molar-refractivity contribution is -0.137. The largest absolute Gasteiger partial charge is 0.417 e. The molecule has 1 aliphatic heterocycles. The lowest BCUT2D eigenvalue weighted by atomic mass is 10.3. The Morgan fingerprint density at radius 3 is 2.71 bits per heavy atom. The van der Waals surface area contributed by atoms with Crippen LogP contribution >= 0.6 is 11.8 Å². The van der Waals surface area contributed by atoms with Crippen LogP contribution in [0.2, 0.25) is 0 Å². The molecule has 0 radical (unpaired) electrons. The van der Waals surface area contributed by atoms with Crippen molar-refractivity contribution in [2.75, 3.05) is 22.6 Å². The molecule has 2 aromatic rings. The van der Waals surface area contributed by atoms with Crippen LogP contribution in [0.1, 0.15) is 23.7 Å². The second-order valence-electron chi connectivity index (χ2n) is 6.39. The maximum Gasteiger partial charge on any atom is 0.417 e. The molecule has 1 saturated heterocycles. The molecule has 7 nitrogen and oxygen atoms in total. The van der Waals surface area contributed by atoms with E-state index in [-0.39, 0.29) is 28.3 Å². The number of carbonyl (C=O) groups is 1. The van der Waals surface area contributed by atoms with E-state index in [1.54, 1.807) is 13.0 Å². The molecule has 2 aromatic heterocycles. The van der Waals surface area contributed by atoms with Crippen molar-refractivity contribution in [3.63, 3.8) is 0 Å². The number of carbonyl (C=O) groups excluding carboxylic acids is 1. The standard InChI is InChI=1S/C16H17F3N4O3S2/c1-10-6-13(23(22-10)12-4-5-28(25,26)9-12)21-14(24)8-27-15-3-2-11(7-20-15)16(17,18)19/h2-3,6-7,12H,4-5,8-9H2,1H3,(H,21,24). The number of sulfone groups is 1. The molecule has 152 valence electrons. The molecular weight excluding hydrogens is 417 g/mol. The van der Waals surface area contributed by atoms with Crippen LogP contribution in [-0.2, 0) is 20.8 Å². The average Bonchev–Trinajstić information content (AvgIpc) is 3.14. The van der Waals surface area contributed by atoms with Gasteiger partial charge in [-0.15, -0.1) is 0 Å². The van der Waals surface area contributed by atoms with E-state index in [2.05, 4.69) is 15.4 Å². The third-order valence-corrected chi connectivity index (χ3v) is 6.79. The van der Waals surface area contributed by atoms with Crippen molar-refractivity contribution in [1.29, 1.82) is 0 Å². The minimum atomic E-state index is -4.46. The van der Waals surface area contributed by atoms with Crippen molar-refractivity contribution in [2.24, 2.45) is 0 Å². The predicted octanol–water partition coefficient (Wildman–Crippen LogP) is 2.70. The molecule has 1 unspecified atom stereocenters. The Hall–Kier alpha value is -2.08. The minimum absolute atomic E-state index is 0.0266. The maximum atomic E-state index is 12.5. The van der Waals surface area contributed by atoms with Crippen LogP contribution in [0.3, 0.4) is 0 Å². The van der Waals surface area contributed by atoms with Crippen molar-refractivity contribution in [2.45, 2.75) is 30.6 Å². The molecule has 0 spiro atoms. The highest BCUT2D eigenvalue weighted by Crippen LogP contribution is 2.30. The Morgan fingerprint density at radius 2 is 2.14 bits per heavy atom. The van der Waals surface area contributed by atoms with E-state index in [9.17, 15) is 26.4 Å². The summed E-state index contributed by atoms with van der Waals surface area (Å²) in [4.78, 5) is 15.9. The molecule has 0 bridgehead atoms. The zero-order valence-electron chi connectivity index (χ0n) is 14.7. The number of amides is 1. The number of halogens is 3. The van der Waals surface area contributed by atoms with Gasteiger partial charge in [-0.25, -0.2) is 18.1 Å². The van der Waals surface area contributed by atoms with Crippen LogP contribution in [0.15, 0.2) is 29.4 Å². The van der Waals surface area contributed by atoms with Gasteiger partial charge in [-0.1, -0.05) is 11.8 Å². The van der Waals surface area contributed by atoms with Crippen LogP contribution < -0.4 is 5.32 Å². The fourth-order valence-corrected chi connectivity index (χ4v) is 5.14. The smallest absolute Gasteiger partial charge is 0.310 e. The first-order chi connectivity index (χ1) is 13.0. The van der Waals surface area contributed by atoms with Crippen LogP contribution in [0.5, 0.6) is 0 Å². The molecule has 1 N–H and O–H groups in total. The molecule has 28 heavy (non-hydrogen) atoms. The summed E-state index contributed by atoms with van der Waals surface area (Å²) in [5.74, 6) is -0.00843. The number of aryl methyl sites for hydroxylation is 1. The molecule has 1 amide bonds. The SMILES string of the molecule is Cc1cc(NC(=O)CSc2ccc(C(F)(F)F)cn2)n(C2CCS(=O)(=O)C2)n1. The van der Waals surface area contributed by atoms with Crippen molar-refractivity contribution >= 4 is 33.3 Å². The van der Waals surface area contributed by atoms with Gasteiger partial charge in [0.15, 0.2) is 9.84 Å². The number of anilines is 1. The summed E-state index contributed by atoms with van der Waals surface area (Å²) in [7, 11) is -3.11. The molecule has 1 fully saturated rings. The lowest BCUT2D eigenvalue weighted by Gasteiger charge is -2.13. The fraction of sp³-hybridized carbons (Fsp3) is 0.438. The monoisotopic (exact) mass is 434 g/mol. The summed E-state index contributed by atoms with van der Waals surface area (Å²) in [6.45, 7) is 1.73. The summed E-state index contributed by atoms with van der Waals surface area (Å²) in [6, 6.07) is 3.42. The summed E-state index contributed by atoms with van der Waals surface area (Å²) in [6.07, 6.45) is -3.31. The molecule has 3 rings (SSSR count). The first-order valence-corrected chi connectivity index (χ1v) is 11.1. The molecule has 0 saturated carbocycles. The highest BCUT2D eigenvalue weighted by molar-refractivity contribution is 7.99. The average molecular weight is 434 g/mol. The van der Waals surface area contributed by atoms with Gasteiger partial charge in [-0.05, 0) is 25.5 Å². The van der Waals surface area contributed by atoms with E-state index >= 15 is 0 Å². The second-order valence-corrected chi connectivity index (χ2v) is 9.62. The van der Waals surface area contributed by atoms with Crippen molar-refractivity contribution < 1.29 is 26.4 Å². The molecule has 12 heteroatoms. The number of pyridine rings is 1. The van der Waals surface area contributed by atoms with E-state index in [4.69, 9.17) is 0 Å². The molecular formula is C16H17F3N4O3S2. The zero-order valence-corrected chi connectivity index (χ0v) is 16.4. The van der Waals surface area contributed by atoms with E-state index in [1.165, 1.54) is 10.7 Å². The van der Waals surface area contributed by atoms with E-state index in [0.717, 1.165) is 24.0 Å². The highest BCUT2D eigenvalue weighted by atomic mass is 32.2. The topological polar surface area (TPSA) is 94.0 Å². The van der Waals surface area contributed by atoms with Crippen LogP contribution in [-0.4, -0.2) is 46.3 Å². The minimum Gasteiger partial charge on any atom is -0.310 e. The summed E-state index contributed by atoms with van der Waals surface area (Å²) < 4.78 is 62.5. The highest BCUT2D eigenvalue weighted by Gasteiger charge is 2.32. The van der Waals surface area contributed by atoms with Gasteiger partial charge in [0.05, 0.1) is 39.6 Å². The van der Waals surface area contributed by atoms with Crippen molar-refractivity contribution in [3.05, 3.63) is 35.7 Å². The van der Waals surface area contributed by atoms with Crippen LogP contribution in [0.4, 0.5) is 19.0 Å². The van der Waals surface area contributed by atoms with Gasteiger partial charge in [0.1, 0.15) is 5.82 Å². The Kier molecular flexibility index (Phi) is 5.71. The Balaban J connectivity index is 1.61. The summed E-state index contributed by atoms with van der Waals surface area (Å²) in [5, 5.41) is 7.24. The number of rotatable bonds is 5. The lowest BCUT2D eigenvalue weighted by Crippen LogP contribution is -2.20. The number of hydrogen-bond donors (Lipinski definition) is 1. The van der Waals surface area contributed by atoms with Crippen molar-refractivity contribution in [3.8, 4) is 0 Å². The van der Waals surface area contributed by atoms with E-state index in [1.807, 2.05) is 0 Å². The number of nitrogens with one attached hydrogen (secondary N) is 1. The van der Waals surface area contributed by atoms with Gasteiger partial charge in [0.2, 0.25) is 5.91 Å². The Morgan fingerprint density at radius 1 is 1.39 bits per heavy atom. The zero-order chi connectivity index (χ0) is 20.5. The Bertz CT molecular complexity index is 972. The van der Waals surface area contributed by atoms with Gasteiger partial charge >= 0.3 is 6.18 Å². The van der Waals surface area contributed by atoms with Gasteiger partial charge in [-0.3, -0.25) is 4.79 Å². The van der Waals surface area contributed by atoms with E-state index < -0.39 is 27.5 Å². The number of hydrogen-bond acceptors (Lipinski definition) is 6. The normalized spacial score (nSPS) is 18.9. The fourth-order valence-electron chi connectivity index (χ4n) is 2.81. The Labute approximate surface area is 163 Å². The molecule has 0 aromatic carbocycles. The molecule has 0 aliphatic carbocycles. The maximum absolute atomic E-state index is 12.5. The van der Waals surface area contributed by atoms with Gasteiger partial charge < -0.3 is 5.32 Å². The number of nitrogens with zero attached hydrogens (tertiary/aromatic N) is 3. The van der Waals surface area contributed by atoms with Crippen molar-refractivity contribution in [1.82, 2.24) is 14.8 Å². The van der Waals surface area contributed by atoms with Gasteiger partial charge in [0, 0.05) is 12.3 Å². The van der Waals surface area contributed by atoms with Gasteiger partial charge in [-0.2, -0.15) is 18.3 Å². The number of thioether (sulfide) groups is 1. The third kappa shape index (κ3) is 5.04. The second kappa shape index (κ2) is 7.74. The molecule has 1 atom stereocenters. The first-order valence-electron chi connectivity index (χ1n) is 8.26. The van der Waals surface area contributed by atoms with Crippen LogP contribution in [0, 0.1) is 6.92 Å². The van der Waals surface area contributed by atoms with Gasteiger partial charge in [0.25, 0.3) is 0 Å². The number of alkyl halides is 3. The number of aromatic nitrogens is 3. The quantitative estimate of drug-likeness (QED) is 0.728.